The van der Waals surface area contributed by atoms with Gasteiger partial charge in [0, 0.05) is 5.69 Å². The van der Waals surface area contributed by atoms with E-state index in [0.717, 1.165) is 11.1 Å². The van der Waals surface area contributed by atoms with Crippen molar-refractivity contribution in [2.45, 2.75) is 24.2 Å². The Morgan fingerprint density at radius 1 is 1.08 bits per heavy atom. The number of benzene rings is 2. The molecule has 7 heteroatoms. The van der Waals surface area contributed by atoms with E-state index in [0.29, 0.717) is 29.4 Å². The summed E-state index contributed by atoms with van der Waals surface area (Å²) in [6.45, 7) is 1.14. The molecular formula is C17H16N2O4S. The molecule has 0 aliphatic carbocycles. The number of fused-ring (bicyclic) bond motifs is 2. The molecule has 0 aromatic heterocycles. The van der Waals surface area contributed by atoms with Crippen molar-refractivity contribution in [2.24, 2.45) is 0 Å². The summed E-state index contributed by atoms with van der Waals surface area (Å²) in [6, 6.07) is 11.4. The van der Waals surface area contributed by atoms with Crippen LogP contribution < -0.4 is 10.6 Å². The van der Waals surface area contributed by atoms with Crippen LogP contribution in [0.3, 0.4) is 0 Å². The number of sulfone groups is 1. The molecular weight excluding hydrogens is 328 g/mol. The van der Waals surface area contributed by atoms with Crippen molar-refractivity contribution in [1.82, 2.24) is 5.32 Å². The normalized spacial score (nSPS) is 20.2. The predicted molar refractivity (Wildman–Crippen MR) is 88.3 cm³/mol. The Balaban J connectivity index is 1.49. The van der Waals surface area contributed by atoms with Crippen LogP contribution in [0.1, 0.15) is 22.7 Å². The molecule has 2 aliphatic heterocycles. The van der Waals surface area contributed by atoms with Crippen molar-refractivity contribution in [1.29, 1.82) is 0 Å². The second-order valence-corrected chi connectivity index (χ2v) is 7.95. The molecule has 2 aromatic carbocycles. The van der Waals surface area contributed by atoms with Crippen molar-refractivity contribution >= 4 is 21.6 Å². The van der Waals surface area contributed by atoms with Crippen LogP contribution in [0.25, 0.3) is 0 Å². The third-order valence-electron chi connectivity index (χ3n) is 4.30. The van der Waals surface area contributed by atoms with Gasteiger partial charge < -0.3 is 15.4 Å². The Bertz CT molecular complexity index is 924. The average molecular weight is 344 g/mol. The minimum absolute atomic E-state index is 0.113. The highest BCUT2D eigenvalue weighted by Gasteiger charge is 2.35. The van der Waals surface area contributed by atoms with Gasteiger partial charge in [0.25, 0.3) is 0 Å². The van der Waals surface area contributed by atoms with E-state index in [1.165, 1.54) is 0 Å². The van der Waals surface area contributed by atoms with Crippen LogP contribution in [0, 0.1) is 0 Å². The Labute approximate surface area is 139 Å². The summed E-state index contributed by atoms with van der Waals surface area (Å²) in [4.78, 5) is 12.5. The fraction of sp³-hybridized carbons (Fsp3) is 0.235. The highest BCUT2D eigenvalue weighted by Crippen LogP contribution is 2.33. The molecule has 2 aromatic rings. The van der Waals surface area contributed by atoms with Gasteiger partial charge in [-0.1, -0.05) is 24.3 Å². The number of amides is 2. The zero-order valence-corrected chi connectivity index (χ0v) is 13.6. The van der Waals surface area contributed by atoms with Gasteiger partial charge in [0.15, 0.2) is 9.84 Å². The molecule has 0 saturated heterocycles. The van der Waals surface area contributed by atoms with Gasteiger partial charge in [0.1, 0.15) is 0 Å². The summed E-state index contributed by atoms with van der Waals surface area (Å²) >= 11 is 0. The molecule has 0 saturated carbocycles. The van der Waals surface area contributed by atoms with E-state index in [1.807, 2.05) is 18.2 Å². The fourth-order valence-corrected chi connectivity index (χ4v) is 4.88. The highest BCUT2D eigenvalue weighted by molar-refractivity contribution is 7.91. The van der Waals surface area contributed by atoms with Crippen molar-refractivity contribution in [2.75, 3.05) is 11.1 Å². The smallest absolute Gasteiger partial charge is 0.319 e. The number of anilines is 1. The number of ether oxygens (including phenoxy) is 1. The number of hydrogen-bond donors (Lipinski definition) is 2. The molecule has 2 N–H and O–H groups in total. The molecule has 0 fully saturated rings. The first-order valence-electron chi connectivity index (χ1n) is 7.62. The van der Waals surface area contributed by atoms with Crippen LogP contribution in [0.15, 0.2) is 47.4 Å². The third-order valence-corrected chi connectivity index (χ3v) is 6.11. The van der Waals surface area contributed by atoms with E-state index in [2.05, 4.69) is 10.6 Å². The Hall–Kier alpha value is -2.38. The van der Waals surface area contributed by atoms with Crippen molar-refractivity contribution < 1.29 is 17.9 Å². The van der Waals surface area contributed by atoms with Gasteiger partial charge in [-0.15, -0.1) is 0 Å². The molecule has 124 valence electrons. The Morgan fingerprint density at radius 2 is 1.88 bits per heavy atom. The zero-order valence-electron chi connectivity index (χ0n) is 12.8. The lowest BCUT2D eigenvalue weighted by molar-refractivity contribution is 0.134. The first-order chi connectivity index (χ1) is 11.5. The lowest BCUT2D eigenvalue weighted by Gasteiger charge is -2.14. The van der Waals surface area contributed by atoms with E-state index in [1.54, 1.807) is 24.3 Å². The summed E-state index contributed by atoms with van der Waals surface area (Å²) in [6.07, 6.45) is 0. The van der Waals surface area contributed by atoms with Gasteiger partial charge in [-0.25, -0.2) is 13.2 Å². The van der Waals surface area contributed by atoms with Gasteiger partial charge in [-0.05, 0) is 34.9 Å². The number of carbonyl (C=O) groups is 1. The van der Waals surface area contributed by atoms with E-state index < -0.39 is 21.9 Å². The second-order valence-electron chi connectivity index (χ2n) is 5.95. The second kappa shape index (κ2) is 5.61. The quantitative estimate of drug-likeness (QED) is 0.876. The van der Waals surface area contributed by atoms with Crippen molar-refractivity contribution in [3.63, 3.8) is 0 Å². The predicted octanol–water partition coefficient (Wildman–Crippen LogP) is 2.37. The maximum atomic E-state index is 12.2. The number of urea groups is 1. The van der Waals surface area contributed by atoms with E-state index >= 15 is 0 Å². The molecule has 1 atom stereocenters. The first-order valence-corrected chi connectivity index (χ1v) is 9.27. The standard InChI is InChI=1S/C17H16N2O4S/c20-17(18-13-6-5-11-8-23-9-12(11)7-13)19-15-10-24(21,22)16-4-2-1-3-14(15)16/h1-7,15H,8-10H2,(H2,18,19,20). The van der Waals surface area contributed by atoms with E-state index in [9.17, 15) is 13.2 Å². The fourth-order valence-electron chi connectivity index (χ4n) is 3.15. The molecule has 1 unspecified atom stereocenters. The van der Waals surface area contributed by atoms with Gasteiger partial charge in [-0.3, -0.25) is 0 Å². The summed E-state index contributed by atoms with van der Waals surface area (Å²) in [5, 5.41) is 5.50. The van der Waals surface area contributed by atoms with Gasteiger partial charge >= 0.3 is 6.03 Å². The van der Waals surface area contributed by atoms with Crippen molar-refractivity contribution in [3.05, 3.63) is 59.2 Å². The maximum Gasteiger partial charge on any atom is 0.319 e. The number of carbonyl (C=O) groups excluding carboxylic acids is 1. The number of nitrogens with one attached hydrogen (secondary N) is 2. The van der Waals surface area contributed by atoms with Crippen LogP contribution in [0.4, 0.5) is 10.5 Å². The first kappa shape index (κ1) is 15.2. The minimum Gasteiger partial charge on any atom is -0.372 e. The van der Waals surface area contributed by atoms with Gasteiger partial charge in [-0.2, -0.15) is 0 Å². The largest absolute Gasteiger partial charge is 0.372 e. The minimum atomic E-state index is -3.34. The molecule has 0 spiro atoms. The molecule has 2 heterocycles. The lowest BCUT2D eigenvalue weighted by Crippen LogP contribution is -2.33. The molecule has 0 radical (unpaired) electrons. The van der Waals surface area contributed by atoms with Crippen LogP contribution in [0.2, 0.25) is 0 Å². The lowest BCUT2D eigenvalue weighted by atomic mass is 10.1. The van der Waals surface area contributed by atoms with Crippen LogP contribution in [0.5, 0.6) is 0 Å². The Kier molecular flexibility index (Phi) is 3.54. The van der Waals surface area contributed by atoms with Crippen molar-refractivity contribution in [3.8, 4) is 0 Å². The van der Waals surface area contributed by atoms with Crippen LogP contribution >= 0.6 is 0 Å². The number of rotatable bonds is 2. The van der Waals surface area contributed by atoms with E-state index in [4.69, 9.17) is 4.74 Å². The molecule has 24 heavy (non-hydrogen) atoms. The highest BCUT2D eigenvalue weighted by atomic mass is 32.2. The summed E-state index contributed by atoms with van der Waals surface area (Å²) in [5.41, 5.74) is 3.47. The summed E-state index contributed by atoms with van der Waals surface area (Å²) in [7, 11) is -3.34. The summed E-state index contributed by atoms with van der Waals surface area (Å²) in [5.74, 6) is -0.113. The number of hydrogen-bond acceptors (Lipinski definition) is 4. The average Bonchev–Trinajstić information content (AvgIpc) is 3.10. The topological polar surface area (TPSA) is 84.5 Å². The van der Waals surface area contributed by atoms with Gasteiger partial charge in [0.05, 0.1) is 29.9 Å². The van der Waals surface area contributed by atoms with E-state index in [-0.39, 0.29) is 5.75 Å². The molecule has 2 amide bonds. The molecule has 2 aliphatic rings. The summed E-state index contributed by atoms with van der Waals surface area (Å²) < 4.78 is 29.6. The van der Waals surface area contributed by atoms with Crippen LogP contribution in [-0.4, -0.2) is 20.2 Å². The molecule has 6 nitrogen and oxygen atoms in total. The van der Waals surface area contributed by atoms with Crippen LogP contribution in [-0.2, 0) is 27.8 Å². The molecule has 0 bridgehead atoms. The molecule has 4 rings (SSSR count). The zero-order chi connectivity index (χ0) is 16.7. The van der Waals surface area contributed by atoms with Gasteiger partial charge in [0.2, 0.25) is 0 Å². The maximum absolute atomic E-state index is 12.2. The monoisotopic (exact) mass is 344 g/mol. The SMILES string of the molecule is O=C(Nc1ccc2c(c1)COC2)NC1CS(=O)(=O)c2ccccc21. The third kappa shape index (κ3) is 2.65. The Morgan fingerprint density at radius 3 is 2.75 bits per heavy atom.